The van der Waals surface area contributed by atoms with Gasteiger partial charge in [-0.1, -0.05) is 43.0 Å². The van der Waals surface area contributed by atoms with Gasteiger partial charge in [0.2, 0.25) is 5.91 Å². The van der Waals surface area contributed by atoms with Crippen molar-refractivity contribution in [3.8, 4) is 0 Å². The van der Waals surface area contributed by atoms with E-state index in [1.54, 1.807) is 12.1 Å². The molecule has 2 heterocycles. The summed E-state index contributed by atoms with van der Waals surface area (Å²) in [7, 11) is -3.40. The second-order valence-corrected chi connectivity index (χ2v) is 10.7. The number of halogens is 1. The fourth-order valence-electron chi connectivity index (χ4n) is 4.60. The Labute approximate surface area is 186 Å². The molecule has 0 bridgehead atoms. The molecule has 162 valence electrons. The third-order valence-corrected chi connectivity index (χ3v) is 9.53. The Balaban J connectivity index is 1.59. The smallest absolute Gasteiger partial charge is 0.275 e. The SMILES string of the molecule is C=C1CC(P2(=O)N(c3ccccc3)CCN2c2ccccc2)C(=O)N1c1ccc(F)cc1. The van der Waals surface area contributed by atoms with E-state index in [4.69, 9.17) is 0 Å². The number of benzene rings is 3. The number of carbonyl (C=O) groups excluding carboxylic acids is 1. The fraction of sp³-hybridized carbons (Fsp3) is 0.160. The normalized spacial score (nSPS) is 20.3. The van der Waals surface area contributed by atoms with Gasteiger partial charge in [0.25, 0.3) is 7.44 Å². The summed E-state index contributed by atoms with van der Waals surface area (Å²) < 4.78 is 32.2. The van der Waals surface area contributed by atoms with Gasteiger partial charge in [0.15, 0.2) is 0 Å². The standard InChI is InChI=1S/C25H23FN3O2P/c1-19-18-24(25(30)29(19)23-14-12-20(26)13-15-23)32(31)27(21-8-4-2-5-9-21)16-17-28(32)22-10-6-3-7-11-22/h2-15,24H,1,16-18H2. The summed E-state index contributed by atoms with van der Waals surface area (Å²) in [5, 5.41) is 0. The summed E-state index contributed by atoms with van der Waals surface area (Å²) >= 11 is 0. The molecule has 2 aliphatic rings. The molecular formula is C25H23FN3O2P. The van der Waals surface area contributed by atoms with Gasteiger partial charge in [0.1, 0.15) is 11.5 Å². The molecule has 32 heavy (non-hydrogen) atoms. The van der Waals surface area contributed by atoms with Crippen LogP contribution in [0, 0.1) is 5.82 Å². The lowest BCUT2D eigenvalue weighted by atomic mass is 10.3. The lowest BCUT2D eigenvalue weighted by Crippen LogP contribution is -2.35. The Kier molecular flexibility index (Phi) is 5.10. The average molecular weight is 447 g/mol. The first kappa shape index (κ1) is 20.5. The molecule has 1 atom stereocenters. The van der Waals surface area contributed by atoms with Crippen LogP contribution < -0.4 is 14.2 Å². The molecule has 0 aliphatic carbocycles. The highest BCUT2D eigenvalue weighted by Crippen LogP contribution is 2.66. The molecule has 3 aromatic rings. The van der Waals surface area contributed by atoms with Crippen molar-refractivity contribution in [2.75, 3.05) is 27.3 Å². The Bertz CT molecular complexity index is 1150. The largest absolute Gasteiger partial charge is 0.304 e. The Morgan fingerprint density at radius 3 is 1.78 bits per heavy atom. The third-order valence-electron chi connectivity index (χ3n) is 6.07. The van der Waals surface area contributed by atoms with E-state index in [1.165, 1.54) is 17.0 Å². The predicted octanol–water partition coefficient (Wildman–Crippen LogP) is 5.66. The summed E-state index contributed by atoms with van der Waals surface area (Å²) in [6.45, 7) is 5.18. The lowest BCUT2D eigenvalue weighted by Gasteiger charge is -2.35. The number of nitrogens with zero attached hydrogens (tertiary/aromatic N) is 3. The zero-order valence-electron chi connectivity index (χ0n) is 17.5. The number of rotatable bonds is 4. The van der Waals surface area contributed by atoms with Crippen LogP contribution in [-0.2, 0) is 9.36 Å². The molecule has 5 nitrogen and oxygen atoms in total. The topological polar surface area (TPSA) is 43.9 Å². The maximum Gasteiger partial charge on any atom is 0.275 e. The Hall–Kier alpha value is -3.37. The van der Waals surface area contributed by atoms with E-state index < -0.39 is 13.1 Å². The Morgan fingerprint density at radius 1 is 0.781 bits per heavy atom. The second-order valence-electron chi connectivity index (χ2n) is 7.94. The molecule has 3 aromatic carbocycles. The quantitative estimate of drug-likeness (QED) is 0.484. The van der Waals surface area contributed by atoms with Crippen LogP contribution >= 0.6 is 7.44 Å². The summed E-state index contributed by atoms with van der Waals surface area (Å²) in [5.74, 6) is -0.648. The van der Waals surface area contributed by atoms with Crippen molar-refractivity contribution in [1.29, 1.82) is 0 Å². The molecule has 5 rings (SSSR count). The van der Waals surface area contributed by atoms with Gasteiger partial charge >= 0.3 is 0 Å². The molecule has 0 saturated carbocycles. The molecule has 0 spiro atoms. The fourth-order valence-corrected chi connectivity index (χ4v) is 8.07. The molecule has 2 aliphatic heterocycles. The van der Waals surface area contributed by atoms with Crippen LogP contribution in [0.3, 0.4) is 0 Å². The zero-order chi connectivity index (χ0) is 22.3. The second kappa shape index (κ2) is 7.95. The van der Waals surface area contributed by atoms with Gasteiger partial charge in [-0.2, -0.15) is 0 Å². The van der Waals surface area contributed by atoms with Crippen LogP contribution in [0.2, 0.25) is 0 Å². The van der Waals surface area contributed by atoms with Gasteiger partial charge in [0.05, 0.1) is 0 Å². The highest BCUT2D eigenvalue weighted by Gasteiger charge is 2.56. The van der Waals surface area contributed by atoms with Crippen molar-refractivity contribution < 1.29 is 13.8 Å². The number of anilines is 3. The molecule has 2 fully saturated rings. The van der Waals surface area contributed by atoms with Gasteiger partial charge in [-0.05, 0) is 48.5 Å². The van der Waals surface area contributed by atoms with Crippen LogP contribution in [0.25, 0.3) is 0 Å². The van der Waals surface area contributed by atoms with Crippen molar-refractivity contribution >= 4 is 30.4 Å². The molecular weight excluding hydrogens is 424 g/mol. The number of allylic oxidation sites excluding steroid dienone is 1. The van der Waals surface area contributed by atoms with E-state index in [2.05, 4.69) is 6.58 Å². The van der Waals surface area contributed by atoms with E-state index in [-0.39, 0.29) is 18.1 Å². The van der Waals surface area contributed by atoms with Crippen molar-refractivity contribution in [2.24, 2.45) is 0 Å². The van der Waals surface area contributed by atoms with E-state index in [1.807, 2.05) is 70.0 Å². The summed E-state index contributed by atoms with van der Waals surface area (Å²) in [4.78, 5) is 15.2. The number of para-hydroxylation sites is 2. The first-order chi connectivity index (χ1) is 15.5. The van der Waals surface area contributed by atoms with E-state index in [0.717, 1.165) is 11.4 Å². The summed E-state index contributed by atoms with van der Waals surface area (Å²) in [6, 6.07) is 24.9. The summed E-state index contributed by atoms with van der Waals surface area (Å²) in [6.07, 6.45) is 0.278. The molecule has 0 radical (unpaired) electrons. The maximum absolute atomic E-state index is 15.0. The van der Waals surface area contributed by atoms with Gasteiger partial charge in [0, 0.05) is 42.3 Å². The first-order valence-corrected chi connectivity index (χ1v) is 12.2. The number of amides is 1. The van der Waals surface area contributed by atoms with Crippen LogP contribution in [0.5, 0.6) is 0 Å². The first-order valence-electron chi connectivity index (χ1n) is 10.5. The number of hydrogen-bond donors (Lipinski definition) is 0. The van der Waals surface area contributed by atoms with Gasteiger partial charge in [-0.15, -0.1) is 0 Å². The van der Waals surface area contributed by atoms with Crippen LogP contribution in [0.15, 0.2) is 97.2 Å². The molecule has 0 N–H and O–H groups in total. The van der Waals surface area contributed by atoms with Gasteiger partial charge in [-0.25, -0.2) is 4.39 Å². The monoisotopic (exact) mass is 447 g/mol. The van der Waals surface area contributed by atoms with Crippen LogP contribution in [0.1, 0.15) is 6.42 Å². The minimum absolute atomic E-state index is 0.270. The minimum atomic E-state index is -3.40. The third kappa shape index (κ3) is 3.23. The van der Waals surface area contributed by atoms with E-state index in [9.17, 15) is 13.8 Å². The maximum atomic E-state index is 15.0. The molecule has 0 aromatic heterocycles. The van der Waals surface area contributed by atoms with Crippen molar-refractivity contribution in [1.82, 2.24) is 0 Å². The van der Waals surface area contributed by atoms with Gasteiger partial charge in [-0.3, -0.25) is 14.3 Å². The molecule has 1 unspecified atom stereocenters. The average Bonchev–Trinajstić information content (AvgIpc) is 3.32. The van der Waals surface area contributed by atoms with E-state index >= 15 is 0 Å². The zero-order valence-corrected chi connectivity index (χ0v) is 18.4. The Morgan fingerprint density at radius 2 is 1.28 bits per heavy atom. The highest BCUT2D eigenvalue weighted by atomic mass is 31.2. The van der Waals surface area contributed by atoms with Crippen LogP contribution in [-0.4, -0.2) is 24.7 Å². The van der Waals surface area contributed by atoms with Gasteiger partial charge < -0.3 is 9.34 Å². The molecule has 2 saturated heterocycles. The predicted molar refractivity (Wildman–Crippen MR) is 127 cm³/mol. The number of hydrogen-bond acceptors (Lipinski definition) is 2. The molecule has 7 heteroatoms. The van der Waals surface area contributed by atoms with Crippen molar-refractivity contribution in [3.05, 3.63) is 103 Å². The van der Waals surface area contributed by atoms with E-state index in [0.29, 0.717) is 24.5 Å². The minimum Gasteiger partial charge on any atom is -0.304 e. The lowest BCUT2D eigenvalue weighted by molar-refractivity contribution is -0.116. The van der Waals surface area contributed by atoms with Crippen molar-refractivity contribution in [2.45, 2.75) is 12.1 Å². The summed E-state index contributed by atoms with van der Waals surface area (Å²) in [5.41, 5.74) is 1.98. The van der Waals surface area contributed by atoms with Crippen molar-refractivity contribution in [3.63, 3.8) is 0 Å². The number of carbonyl (C=O) groups is 1. The molecule has 1 amide bonds. The van der Waals surface area contributed by atoms with Crippen LogP contribution in [0.4, 0.5) is 21.5 Å². The highest BCUT2D eigenvalue weighted by molar-refractivity contribution is 7.69.